The molecule has 12 heavy (non-hydrogen) atoms. The van der Waals surface area contributed by atoms with Crippen molar-refractivity contribution in [2.45, 2.75) is 29.4 Å². The maximum atomic E-state index is 9.21. The molecule has 0 spiro atoms. The van der Waals surface area contributed by atoms with E-state index in [-0.39, 0.29) is 0 Å². The number of alkyl halides is 1. The van der Waals surface area contributed by atoms with Crippen LogP contribution in [0.4, 0.5) is 0 Å². The van der Waals surface area contributed by atoms with Gasteiger partial charge in [0.15, 0.2) is 0 Å². The Morgan fingerprint density at radius 3 is 2.17 bits per heavy atom. The molecule has 1 rings (SSSR count). The Kier molecular flexibility index (Phi) is 3.45. The van der Waals surface area contributed by atoms with Crippen LogP contribution in [0.3, 0.4) is 0 Å². The van der Waals surface area contributed by atoms with Crippen LogP contribution >= 0.6 is 15.9 Å². The van der Waals surface area contributed by atoms with Gasteiger partial charge in [0.2, 0.25) is 0 Å². The molecular formula is C6H11BrO5. The van der Waals surface area contributed by atoms with E-state index in [0.29, 0.717) is 0 Å². The van der Waals surface area contributed by atoms with E-state index in [1.807, 2.05) is 0 Å². The molecule has 72 valence electrons. The minimum Gasteiger partial charge on any atom is -0.394 e. The first kappa shape index (κ1) is 10.4. The lowest BCUT2D eigenvalue weighted by molar-refractivity contribution is -0.203. The Labute approximate surface area is 77.7 Å². The standard InChI is InChI=1S/C6H11BrO5/c7-6-5(11)4(10)3(9)2(1-8)12-6/h2-6,8-11H,1H2/t2-,3+,4-,5+,6?/m1/s1. The van der Waals surface area contributed by atoms with E-state index in [2.05, 4.69) is 15.9 Å². The molecule has 0 aromatic heterocycles. The van der Waals surface area contributed by atoms with Gasteiger partial charge in [0.05, 0.1) is 6.61 Å². The van der Waals surface area contributed by atoms with E-state index in [1.165, 1.54) is 0 Å². The van der Waals surface area contributed by atoms with Gasteiger partial charge >= 0.3 is 0 Å². The molecular weight excluding hydrogens is 232 g/mol. The largest absolute Gasteiger partial charge is 0.394 e. The number of rotatable bonds is 1. The number of hydrogen-bond donors (Lipinski definition) is 4. The molecule has 1 aliphatic heterocycles. The summed E-state index contributed by atoms with van der Waals surface area (Å²) in [7, 11) is 0. The summed E-state index contributed by atoms with van der Waals surface area (Å²) >= 11 is 2.95. The van der Waals surface area contributed by atoms with E-state index in [1.54, 1.807) is 0 Å². The van der Waals surface area contributed by atoms with Crippen molar-refractivity contribution >= 4 is 15.9 Å². The van der Waals surface area contributed by atoms with Gasteiger partial charge in [-0.3, -0.25) is 0 Å². The summed E-state index contributed by atoms with van der Waals surface area (Å²) in [6.07, 6.45) is -4.57. The molecule has 0 amide bonds. The minimum absolute atomic E-state index is 0.396. The molecule has 0 saturated carbocycles. The van der Waals surface area contributed by atoms with Crippen molar-refractivity contribution in [3.63, 3.8) is 0 Å². The molecule has 1 fully saturated rings. The van der Waals surface area contributed by atoms with Crippen molar-refractivity contribution in [2.24, 2.45) is 0 Å². The maximum Gasteiger partial charge on any atom is 0.141 e. The zero-order valence-corrected chi connectivity index (χ0v) is 7.75. The molecule has 1 heterocycles. The van der Waals surface area contributed by atoms with Crippen LogP contribution in [-0.4, -0.2) is 56.5 Å². The molecule has 0 aromatic carbocycles. The molecule has 1 unspecified atom stereocenters. The molecule has 5 atom stereocenters. The summed E-state index contributed by atoms with van der Waals surface area (Å²) < 4.78 is 4.94. The molecule has 6 heteroatoms. The highest BCUT2D eigenvalue weighted by atomic mass is 79.9. The van der Waals surface area contributed by atoms with Gasteiger partial charge in [-0.1, -0.05) is 15.9 Å². The Balaban J connectivity index is 2.63. The van der Waals surface area contributed by atoms with Gasteiger partial charge in [-0.2, -0.15) is 0 Å². The first-order chi connectivity index (χ1) is 5.57. The third-order valence-corrected chi connectivity index (χ3v) is 2.59. The highest BCUT2D eigenvalue weighted by Crippen LogP contribution is 2.24. The smallest absolute Gasteiger partial charge is 0.141 e. The number of ether oxygens (including phenoxy) is 1. The molecule has 0 aliphatic carbocycles. The van der Waals surface area contributed by atoms with Crippen LogP contribution in [-0.2, 0) is 4.74 Å². The molecule has 1 aliphatic rings. The molecule has 0 radical (unpaired) electrons. The second-order valence-electron chi connectivity index (χ2n) is 2.68. The van der Waals surface area contributed by atoms with E-state index in [9.17, 15) is 10.2 Å². The fraction of sp³-hybridized carbons (Fsp3) is 1.00. The summed E-state index contributed by atoms with van der Waals surface area (Å²) in [5.74, 6) is 0. The highest BCUT2D eigenvalue weighted by molar-refractivity contribution is 9.09. The molecule has 4 N–H and O–H groups in total. The van der Waals surface area contributed by atoms with E-state index in [4.69, 9.17) is 14.9 Å². The van der Waals surface area contributed by atoms with Gasteiger partial charge < -0.3 is 25.2 Å². The van der Waals surface area contributed by atoms with Crippen molar-refractivity contribution in [1.82, 2.24) is 0 Å². The summed E-state index contributed by atoms with van der Waals surface area (Å²) in [5.41, 5.74) is 0. The van der Waals surface area contributed by atoms with Gasteiger partial charge in [-0.25, -0.2) is 0 Å². The average molecular weight is 243 g/mol. The third kappa shape index (κ3) is 1.78. The van der Waals surface area contributed by atoms with Crippen LogP contribution < -0.4 is 0 Å². The Morgan fingerprint density at radius 2 is 1.67 bits per heavy atom. The average Bonchev–Trinajstić information content (AvgIpc) is 2.08. The van der Waals surface area contributed by atoms with Crippen molar-refractivity contribution in [2.75, 3.05) is 6.61 Å². The third-order valence-electron chi connectivity index (χ3n) is 1.83. The lowest BCUT2D eigenvalue weighted by atomic mass is 10.0. The Hall–Kier alpha value is 0.280. The SMILES string of the molecule is OC[C@H]1OC(Br)[C@@H](O)[C@H](O)[C@H]1O. The summed E-state index contributed by atoms with van der Waals surface area (Å²) in [4.78, 5) is 0. The number of aliphatic hydroxyl groups is 4. The summed E-state index contributed by atoms with van der Waals surface area (Å²) in [5, 5.41) is 35.5. The topological polar surface area (TPSA) is 90.2 Å². The molecule has 1 saturated heterocycles. The Morgan fingerprint density at radius 1 is 1.08 bits per heavy atom. The van der Waals surface area contributed by atoms with Crippen molar-refractivity contribution < 1.29 is 25.2 Å². The van der Waals surface area contributed by atoms with Crippen molar-refractivity contribution in [3.05, 3.63) is 0 Å². The zero-order valence-electron chi connectivity index (χ0n) is 6.17. The van der Waals surface area contributed by atoms with Gasteiger partial charge in [0.1, 0.15) is 29.4 Å². The quantitative estimate of drug-likeness (QED) is 0.407. The number of aliphatic hydroxyl groups excluding tert-OH is 4. The predicted octanol–water partition coefficient (Wildman–Crippen LogP) is -1.82. The van der Waals surface area contributed by atoms with Crippen LogP contribution in [0.1, 0.15) is 0 Å². The zero-order chi connectivity index (χ0) is 9.30. The van der Waals surface area contributed by atoms with E-state index < -0.39 is 36.0 Å². The maximum absolute atomic E-state index is 9.21. The second-order valence-corrected chi connectivity index (χ2v) is 3.58. The highest BCUT2D eigenvalue weighted by Gasteiger charge is 2.42. The van der Waals surface area contributed by atoms with Crippen molar-refractivity contribution in [1.29, 1.82) is 0 Å². The lowest BCUT2D eigenvalue weighted by Crippen LogP contribution is -2.56. The molecule has 0 bridgehead atoms. The van der Waals surface area contributed by atoms with Gasteiger partial charge in [0, 0.05) is 0 Å². The van der Waals surface area contributed by atoms with Crippen LogP contribution in [0.2, 0.25) is 0 Å². The monoisotopic (exact) mass is 242 g/mol. The summed E-state index contributed by atoms with van der Waals surface area (Å²) in [6, 6.07) is 0. The fourth-order valence-electron chi connectivity index (χ4n) is 1.06. The summed E-state index contributed by atoms with van der Waals surface area (Å²) in [6.45, 7) is -0.396. The van der Waals surface area contributed by atoms with E-state index >= 15 is 0 Å². The van der Waals surface area contributed by atoms with Crippen LogP contribution in [0, 0.1) is 0 Å². The fourth-order valence-corrected chi connectivity index (χ4v) is 1.65. The normalized spacial score (nSPS) is 49.2. The van der Waals surface area contributed by atoms with Gasteiger partial charge in [-0.05, 0) is 0 Å². The van der Waals surface area contributed by atoms with E-state index in [0.717, 1.165) is 0 Å². The van der Waals surface area contributed by atoms with Crippen molar-refractivity contribution in [3.8, 4) is 0 Å². The van der Waals surface area contributed by atoms with Crippen LogP contribution in [0.5, 0.6) is 0 Å². The van der Waals surface area contributed by atoms with Crippen LogP contribution in [0.15, 0.2) is 0 Å². The first-order valence-corrected chi connectivity index (χ1v) is 4.44. The predicted molar refractivity (Wildman–Crippen MR) is 42.7 cm³/mol. The number of hydrogen-bond acceptors (Lipinski definition) is 5. The van der Waals surface area contributed by atoms with Gasteiger partial charge in [-0.15, -0.1) is 0 Å². The number of halogens is 1. The van der Waals surface area contributed by atoms with Gasteiger partial charge in [0.25, 0.3) is 0 Å². The lowest BCUT2D eigenvalue weighted by Gasteiger charge is -2.37. The molecule has 0 aromatic rings. The second kappa shape index (κ2) is 3.99. The minimum atomic E-state index is -1.29. The first-order valence-electron chi connectivity index (χ1n) is 3.52. The molecule has 5 nitrogen and oxygen atoms in total. The van der Waals surface area contributed by atoms with Crippen LogP contribution in [0.25, 0.3) is 0 Å². The Bertz CT molecular complexity index is 150.